The van der Waals surface area contributed by atoms with Gasteiger partial charge in [0, 0.05) is 37.8 Å². The normalized spacial score (nSPS) is 24.2. The second-order valence-electron chi connectivity index (χ2n) is 11.4. The van der Waals surface area contributed by atoms with Crippen molar-refractivity contribution in [1.82, 2.24) is 15.1 Å². The van der Waals surface area contributed by atoms with Gasteiger partial charge in [-0.1, -0.05) is 36.4 Å². The van der Waals surface area contributed by atoms with Crippen molar-refractivity contribution in [3.8, 4) is 0 Å². The van der Waals surface area contributed by atoms with Gasteiger partial charge in [0.25, 0.3) is 11.8 Å². The molecule has 3 aliphatic heterocycles. The summed E-state index contributed by atoms with van der Waals surface area (Å²) in [5.41, 5.74) is 2.06. The number of anilines is 1. The molecule has 1 atom stereocenters. The Morgan fingerprint density at radius 2 is 1.69 bits per heavy atom. The molecule has 42 heavy (non-hydrogen) atoms. The summed E-state index contributed by atoms with van der Waals surface area (Å²) in [5, 5.41) is 5.61. The lowest BCUT2D eigenvalue weighted by molar-refractivity contribution is -0.136. The van der Waals surface area contributed by atoms with Gasteiger partial charge in [0.2, 0.25) is 11.8 Å². The SMILES string of the molecule is O=C1CCC(N2C(=O)c3cccc(N[C@H]4C[C@H](OCC5CCN(C(=O)OCc6ccccc6)CC5)C4)c3C2=O)C(=O)N1. The monoisotopic (exact) mass is 574 g/mol. The van der Waals surface area contributed by atoms with Crippen LogP contribution in [0, 0.1) is 5.92 Å². The van der Waals surface area contributed by atoms with E-state index in [-0.39, 0.29) is 48.8 Å². The molecule has 1 saturated carbocycles. The molecule has 3 heterocycles. The topological polar surface area (TPSA) is 134 Å². The first-order valence-corrected chi connectivity index (χ1v) is 14.6. The summed E-state index contributed by atoms with van der Waals surface area (Å²) < 4.78 is 11.6. The molecule has 2 N–H and O–H groups in total. The van der Waals surface area contributed by atoms with Crippen LogP contribution in [0.3, 0.4) is 0 Å². The summed E-state index contributed by atoms with van der Waals surface area (Å²) in [6, 6.07) is 13.8. The lowest BCUT2D eigenvalue weighted by Gasteiger charge is -2.38. The summed E-state index contributed by atoms with van der Waals surface area (Å²) in [7, 11) is 0. The number of nitrogens with zero attached hydrogens (tertiary/aromatic N) is 2. The molecule has 3 fully saturated rings. The number of carbonyl (C=O) groups is 5. The van der Waals surface area contributed by atoms with Crippen LogP contribution >= 0.6 is 0 Å². The number of imide groups is 2. The van der Waals surface area contributed by atoms with Crippen LogP contribution in [0.15, 0.2) is 48.5 Å². The van der Waals surface area contributed by atoms with E-state index in [0.717, 1.165) is 36.1 Å². The molecule has 11 nitrogen and oxygen atoms in total. The van der Waals surface area contributed by atoms with E-state index < -0.39 is 29.7 Å². The van der Waals surface area contributed by atoms with Gasteiger partial charge in [-0.25, -0.2) is 4.79 Å². The Hall–Kier alpha value is -4.25. The Morgan fingerprint density at radius 1 is 0.929 bits per heavy atom. The zero-order valence-corrected chi connectivity index (χ0v) is 23.3. The fourth-order valence-corrected chi connectivity index (χ4v) is 6.04. The third-order valence-corrected chi connectivity index (χ3v) is 8.57. The van der Waals surface area contributed by atoms with E-state index in [4.69, 9.17) is 9.47 Å². The number of likely N-dealkylation sites (tertiary alicyclic amines) is 1. The number of hydrogen-bond donors (Lipinski definition) is 2. The summed E-state index contributed by atoms with van der Waals surface area (Å²) in [6.45, 7) is 2.21. The molecule has 2 saturated heterocycles. The van der Waals surface area contributed by atoms with E-state index in [9.17, 15) is 24.0 Å². The quantitative estimate of drug-likeness (QED) is 0.460. The molecule has 0 radical (unpaired) electrons. The van der Waals surface area contributed by atoms with E-state index in [0.29, 0.717) is 31.3 Å². The van der Waals surface area contributed by atoms with Crippen molar-refractivity contribution in [2.24, 2.45) is 5.92 Å². The number of benzene rings is 2. The predicted molar refractivity (Wildman–Crippen MR) is 150 cm³/mol. The lowest BCUT2D eigenvalue weighted by atomic mass is 9.88. The molecule has 2 aromatic rings. The van der Waals surface area contributed by atoms with Gasteiger partial charge in [0.1, 0.15) is 12.6 Å². The third-order valence-electron chi connectivity index (χ3n) is 8.57. The number of ether oxygens (including phenoxy) is 2. The molecular weight excluding hydrogens is 540 g/mol. The maximum atomic E-state index is 13.3. The van der Waals surface area contributed by atoms with Crippen LogP contribution in [0.25, 0.3) is 0 Å². The summed E-state index contributed by atoms with van der Waals surface area (Å²) in [6.07, 6.45) is 3.30. The Morgan fingerprint density at radius 3 is 2.43 bits per heavy atom. The lowest BCUT2D eigenvalue weighted by Crippen LogP contribution is -2.54. The highest BCUT2D eigenvalue weighted by Gasteiger charge is 2.46. The van der Waals surface area contributed by atoms with Crippen LogP contribution in [0.4, 0.5) is 10.5 Å². The van der Waals surface area contributed by atoms with Crippen molar-refractivity contribution in [3.63, 3.8) is 0 Å². The highest BCUT2D eigenvalue weighted by atomic mass is 16.6. The Labute approximate surface area is 243 Å². The molecule has 220 valence electrons. The zero-order chi connectivity index (χ0) is 29.2. The first kappa shape index (κ1) is 27.9. The van der Waals surface area contributed by atoms with Crippen LogP contribution < -0.4 is 10.6 Å². The van der Waals surface area contributed by atoms with Gasteiger partial charge in [-0.05, 0) is 55.7 Å². The van der Waals surface area contributed by atoms with E-state index in [1.54, 1.807) is 23.1 Å². The number of rotatable bonds is 8. The number of piperidine rings is 2. The summed E-state index contributed by atoms with van der Waals surface area (Å²) in [4.78, 5) is 65.4. The van der Waals surface area contributed by atoms with Crippen molar-refractivity contribution in [3.05, 3.63) is 65.2 Å². The second kappa shape index (κ2) is 11.9. The molecule has 0 spiro atoms. The molecule has 0 aromatic heterocycles. The fourth-order valence-electron chi connectivity index (χ4n) is 6.04. The van der Waals surface area contributed by atoms with Gasteiger partial charge in [0.05, 0.1) is 17.2 Å². The molecule has 6 rings (SSSR count). The van der Waals surface area contributed by atoms with Crippen LogP contribution in [0.5, 0.6) is 0 Å². The molecule has 1 aliphatic carbocycles. The van der Waals surface area contributed by atoms with Gasteiger partial charge >= 0.3 is 6.09 Å². The maximum absolute atomic E-state index is 13.3. The van der Waals surface area contributed by atoms with Crippen LogP contribution in [0.2, 0.25) is 0 Å². The first-order valence-electron chi connectivity index (χ1n) is 14.6. The van der Waals surface area contributed by atoms with E-state index in [1.807, 2.05) is 30.3 Å². The molecule has 2 aromatic carbocycles. The van der Waals surface area contributed by atoms with Crippen LogP contribution in [-0.4, -0.2) is 77.4 Å². The van der Waals surface area contributed by atoms with Crippen molar-refractivity contribution in [2.45, 2.75) is 63.3 Å². The van der Waals surface area contributed by atoms with Crippen molar-refractivity contribution >= 4 is 35.4 Å². The predicted octanol–water partition coefficient (Wildman–Crippen LogP) is 3.10. The molecule has 5 amide bonds. The largest absolute Gasteiger partial charge is 0.445 e. The Bertz CT molecular complexity index is 1380. The second-order valence-corrected chi connectivity index (χ2v) is 11.4. The smallest absolute Gasteiger partial charge is 0.410 e. The van der Waals surface area contributed by atoms with Gasteiger partial charge in [0.15, 0.2) is 0 Å². The zero-order valence-electron chi connectivity index (χ0n) is 23.3. The minimum absolute atomic E-state index is 0.0821. The molecule has 0 bridgehead atoms. The number of hydrogen-bond acceptors (Lipinski definition) is 8. The fraction of sp³-hybridized carbons (Fsp3) is 0.452. The minimum atomic E-state index is -0.990. The summed E-state index contributed by atoms with van der Waals surface area (Å²) >= 11 is 0. The van der Waals surface area contributed by atoms with E-state index in [2.05, 4.69) is 10.6 Å². The Kier molecular flexibility index (Phi) is 7.92. The minimum Gasteiger partial charge on any atom is -0.445 e. The van der Waals surface area contributed by atoms with Gasteiger partial charge in [-0.2, -0.15) is 0 Å². The van der Waals surface area contributed by atoms with Gasteiger partial charge in [-0.3, -0.25) is 29.4 Å². The number of fused-ring (bicyclic) bond motifs is 1. The van der Waals surface area contributed by atoms with E-state index >= 15 is 0 Å². The van der Waals surface area contributed by atoms with Gasteiger partial charge < -0.3 is 19.7 Å². The van der Waals surface area contributed by atoms with Crippen molar-refractivity contribution in [1.29, 1.82) is 0 Å². The molecule has 11 heteroatoms. The number of nitrogens with one attached hydrogen (secondary N) is 2. The molecule has 4 aliphatic rings. The van der Waals surface area contributed by atoms with Crippen molar-refractivity contribution in [2.75, 3.05) is 25.0 Å². The van der Waals surface area contributed by atoms with Crippen molar-refractivity contribution < 1.29 is 33.4 Å². The van der Waals surface area contributed by atoms with Crippen LogP contribution in [0.1, 0.15) is 64.8 Å². The average Bonchev–Trinajstić information content (AvgIpc) is 3.23. The van der Waals surface area contributed by atoms with E-state index in [1.165, 1.54) is 0 Å². The molecular formula is C31H34N4O7. The number of amides is 5. The first-order chi connectivity index (χ1) is 20.4. The highest BCUT2D eigenvalue weighted by molar-refractivity contribution is 6.25. The molecule has 1 unspecified atom stereocenters. The third kappa shape index (κ3) is 5.74. The van der Waals surface area contributed by atoms with Crippen LogP contribution in [-0.2, 0) is 25.7 Å². The average molecular weight is 575 g/mol. The standard InChI is InChI=1S/C31H34N4O7/c36-26-10-9-25(28(37)33-26)35-29(38)23-7-4-8-24(27(23)30(35)39)32-21-15-22(16-21)41-17-20-11-13-34(14-12-20)31(40)42-18-19-5-2-1-3-6-19/h1-8,20-22,25,32H,9-18H2,(H,33,36,37)/t21-,22-,25?. The number of carbonyl (C=O) groups excluding carboxylic acids is 5. The Balaban J connectivity index is 0.940. The maximum Gasteiger partial charge on any atom is 0.410 e. The highest BCUT2D eigenvalue weighted by Crippen LogP contribution is 2.35. The summed E-state index contributed by atoms with van der Waals surface area (Å²) in [5.74, 6) is -1.67. The van der Waals surface area contributed by atoms with Gasteiger partial charge in [-0.15, -0.1) is 0 Å².